The predicted octanol–water partition coefficient (Wildman–Crippen LogP) is 19.4. The van der Waals surface area contributed by atoms with Crippen molar-refractivity contribution < 1.29 is 0 Å². The molecule has 10 aromatic carbocycles. The van der Waals surface area contributed by atoms with E-state index in [4.69, 9.17) is 26.6 Å². The molecule has 4 aromatic heterocycles. The summed E-state index contributed by atoms with van der Waals surface area (Å²) in [5.41, 5.74) is 23.7. The van der Waals surface area contributed by atoms with Crippen molar-refractivity contribution in [1.29, 1.82) is 0 Å². The summed E-state index contributed by atoms with van der Waals surface area (Å²) in [6.45, 7) is 19.6. The zero-order chi connectivity index (χ0) is 58.2. The maximum Gasteiger partial charge on any atom is 0.226 e. The third-order valence-electron chi connectivity index (χ3n) is 15.4. The van der Waals surface area contributed by atoms with E-state index in [0.29, 0.717) is 29.1 Å². The molecule has 410 valence electrons. The number of rotatable bonds is 7. The average Bonchev–Trinajstić information content (AvgIpc) is 2.46. The number of nitrogens with zero attached hydrogens (tertiary/aromatic N) is 8. The van der Waals surface area contributed by atoms with Crippen molar-refractivity contribution in [2.24, 2.45) is 0 Å². The molecule has 14 aromatic rings. The quantitative estimate of drug-likeness (QED) is 0.158. The Morgan fingerprint density at radius 1 is 0.250 bits per heavy atom. The summed E-state index contributed by atoms with van der Waals surface area (Å²) >= 11 is 5.99. The predicted molar refractivity (Wildman–Crippen MR) is 350 cm³/mol. The molecule has 4 heterocycles. The number of hydrogen-bond donors (Lipinski definition) is 0. The molecule has 0 N–H and O–H groups in total. The summed E-state index contributed by atoms with van der Waals surface area (Å²) in [5, 5.41) is 5.45. The second kappa shape index (κ2) is 23.2. The molecule has 0 aliphatic heterocycles. The SMILES string of the molecule is Cc1cc(C)c(-n2c3ccc(C)cc3c3cc(C)ccc32)c(C)c1.Cc1ccc2c(c1)c1cc(C)ccc1n2-c1c(C)cc(-c2nc(-c3ccccc3)nc(-c3ccccc3)n2)cc1C.Clc1nc(-c2ccccc2)nc(-c2ccccc2)n1. The highest BCUT2D eigenvalue weighted by atomic mass is 35.5. The van der Waals surface area contributed by atoms with Gasteiger partial charge in [0.05, 0.1) is 33.4 Å². The van der Waals surface area contributed by atoms with Gasteiger partial charge in [-0.2, -0.15) is 9.97 Å². The van der Waals surface area contributed by atoms with Crippen molar-refractivity contribution in [2.75, 3.05) is 0 Å². The number of benzene rings is 10. The molecule has 0 unspecified atom stereocenters. The van der Waals surface area contributed by atoms with E-state index in [0.717, 1.165) is 27.8 Å². The van der Waals surface area contributed by atoms with E-state index in [2.05, 4.69) is 183 Å². The van der Waals surface area contributed by atoms with Gasteiger partial charge < -0.3 is 9.13 Å². The summed E-state index contributed by atoms with van der Waals surface area (Å²) in [5.74, 6) is 3.17. The van der Waals surface area contributed by atoms with E-state index in [1.165, 1.54) is 105 Å². The first-order valence-corrected chi connectivity index (χ1v) is 28.7. The second-order valence-corrected chi connectivity index (χ2v) is 22.3. The summed E-state index contributed by atoms with van der Waals surface area (Å²) < 4.78 is 4.85. The first-order chi connectivity index (χ1) is 40.7. The molecular weight excluding hydrogens is 1050 g/mol. The zero-order valence-corrected chi connectivity index (χ0v) is 49.5. The van der Waals surface area contributed by atoms with Gasteiger partial charge in [-0.25, -0.2) is 19.9 Å². The minimum Gasteiger partial charge on any atom is -0.309 e. The van der Waals surface area contributed by atoms with Gasteiger partial charge in [0.15, 0.2) is 29.1 Å². The lowest BCUT2D eigenvalue weighted by molar-refractivity contribution is 1.07. The van der Waals surface area contributed by atoms with Crippen molar-refractivity contribution in [3.8, 4) is 68.3 Å². The van der Waals surface area contributed by atoms with Gasteiger partial charge in [-0.15, -0.1) is 0 Å². The van der Waals surface area contributed by atoms with Crippen molar-refractivity contribution in [3.05, 3.63) is 274 Å². The molecule has 0 aliphatic carbocycles. The minimum atomic E-state index is 0.202. The highest BCUT2D eigenvalue weighted by Gasteiger charge is 2.20. The molecule has 0 atom stereocenters. The Hall–Kier alpha value is -9.89. The highest BCUT2D eigenvalue weighted by Crippen LogP contribution is 2.39. The van der Waals surface area contributed by atoms with Gasteiger partial charge in [-0.05, 0) is 157 Å². The van der Waals surface area contributed by atoms with E-state index < -0.39 is 0 Å². The van der Waals surface area contributed by atoms with E-state index in [1.807, 2.05) is 121 Å². The fourth-order valence-corrected chi connectivity index (χ4v) is 11.8. The standard InChI is InChI=1S/C37H30N4.C23H23N.C15H10ClN3/c1-23-15-17-32-30(19-23)31-20-24(2)16-18-33(31)41(32)34-25(3)21-29(22-26(34)4)37-39-35(27-11-7-5-8-12-27)38-36(40-37)28-13-9-6-10-14-28;1-14-6-8-21-19(12-14)20-13-15(2)7-9-22(20)24(21)23-17(4)10-16(3)11-18(23)5;16-15-18-13(11-7-3-1-4-8-11)17-14(19-15)12-9-5-2-6-10-12/h5-22H,1-4H3;6-13H,1-5H3;1-10H. The van der Waals surface area contributed by atoms with Crippen LogP contribution in [0.2, 0.25) is 5.28 Å². The van der Waals surface area contributed by atoms with Crippen LogP contribution in [-0.2, 0) is 0 Å². The molecule has 0 saturated heterocycles. The molecule has 0 spiro atoms. The van der Waals surface area contributed by atoms with Crippen LogP contribution in [0.5, 0.6) is 0 Å². The maximum atomic E-state index is 5.99. The molecule has 8 nitrogen and oxygen atoms in total. The first kappa shape index (κ1) is 54.7. The fraction of sp³-hybridized carbons (Fsp3) is 0.120. The highest BCUT2D eigenvalue weighted by molar-refractivity contribution is 6.28. The lowest BCUT2D eigenvalue weighted by Crippen LogP contribution is -2.03. The second-order valence-electron chi connectivity index (χ2n) is 22.0. The van der Waals surface area contributed by atoms with Gasteiger partial charge in [-0.1, -0.05) is 186 Å². The third kappa shape index (κ3) is 11.0. The first-order valence-electron chi connectivity index (χ1n) is 28.4. The maximum absolute atomic E-state index is 5.99. The van der Waals surface area contributed by atoms with Crippen LogP contribution in [0.1, 0.15) is 50.1 Å². The number of hydrogen-bond acceptors (Lipinski definition) is 6. The molecule has 14 rings (SSSR count). The van der Waals surface area contributed by atoms with Crippen molar-refractivity contribution in [1.82, 2.24) is 39.0 Å². The Balaban J connectivity index is 0.000000136. The molecular formula is C75H63ClN8. The van der Waals surface area contributed by atoms with Gasteiger partial charge in [0, 0.05) is 49.4 Å². The minimum absolute atomic E-state index is 0.202. The van der Waals surface area contributed by atoms with Crippen LogP contribution >= 0.6 is 11.6 Å². The smallest absolute Gasteiger partial charge is 0.226 e. The van der Waals surface area contributed by atoms with Crippen molar-refractivity contribution in [2.45, 2.75) is 62.3 Å². The molecule has 84 heavy (non-hydrogen) atoms. The van der Waals surface area contributed by atoms with E-state index in [1.54, 1.807) is 0 Å². The van der Waals surface area contributed by atoms with Crippen LogP contribution in [0.15, 0.2) is 218 Å². The van der Waals surface area contributed by atoms with Crippen LogP contribution < -0.4 is 0 Å². The molecule has 0 saturated carbocycles. The summed E-state index contributed by atoms with van der Waals surface area (Å²) in [6, 6.07) is 75.7. The van der Waals surface area contributed by atoms with E-state index >= 15 is 0 Å². The van der Waals surface area contributed by atoms with Gasteiger partial charge in [0.1, 0.15) is 0 Å². The van der Waals surface area contributed by atoms with E-state index in [9.17, 15) is 0 Å². The Kier molecular flexibility index (Phi) is 15.1. The third-order valence-corrected chi connectivity index (χ3v) is 15.5. The molecule has 0 radical (unpaired) electrons. The number of aromatic nitrogens is 8. The molecule has 0 aliphatic rings. The Morgan fingerprint density at radius 3 is 0.786 bits per heavy atom. The Morgan fingerprint density at radius 2 is 0.500 bits per heavy atom. The van der Waals surface area contributed by atoms with Crippen molar-refractivity contribution >= 4 is 55.2 Å². The van der Waals surface area contributed by atoms with E-state index in [-0.39, 0.29) is 5.28 Å². The fourth-order valence-electron chi connectivity index (χ4n) is 11.7. The number of halogens is 1. The van der Waals surface area contributed by atoms with Crippen LogP contribution in [-0.4, -0.2) is 39.0 Å². The molecule has 0 fully saturated rings. The van der Waals surface area contributed by atoms with Gasteiger partial charge in [-0.3, -0.25) is 0 Å². The zero-order valence-electron chi connectivity index (χ0n) is 48.7. The monoisotopic (exact) mass is 1110 g/mol. The summed E-state index contributed by atoms with van der Waals surface area (Å²) in [7, 11) is 0. The topological polar surface area (TPSA) is 87.2 Å². The molecule has 0 amide bonds. The van der Waals surface area contributed by atoms with Crippen molar-refractivity contribution in [3.63, 3.8) is 0 Å². The van der Waals surface area contributed by atoms with Crippen LogP contribution in [0.4, 0.5) is 0 Å². The Bertz CT molecular complexity index is 4480. The lowest BCUT2D eigenvalue weighted by atomic mass is 10.0. The van der Waals surface area contributed by atoms with Gasteiger partial charge in [0.2, 0.25) is 5.28 Å². The normalized spacial score (nSPS) is 11.2. The number of fused-ring (bicyclic) bond motifs is 6. The van der Waals surface area contributed by atoms with Crippen LogP contribution in [0.3, 0.4) is 0 Å². The molecule has 9 heteroatoms. The molecule has 0 bridgehead atoms. The lowest BCUT2D eigenvalue weighted by Gasteiger charge is -2.17. The summed E-state index contributed by atoms with van der Waals surface area (Å²) in [6.07, 6.45) is 0. The largest absolute Gasteiger partial charge is 0.309 e. The summed E-state index contributed by atoms with van der Waals surface area (Å²) in [4.78, 5) is 27.6. The number of aryl methyl sites for hydroxylation is 9. The van der Waals surface area contributed by atoms with Crippen LogP contribution in [0, 0.1) is 62.3 Å². The van der Waals surface area contributed by atoms with Gasteiger partial charge in [0.25, 0.3) is 0 Å². The van der Waals surface area contributed by atoms with Crippen LogP contribution in [0.25, 0.3) is 112 Å². The average molecular weight is 1110 g/mol. The Labute approximate surface area is 495 Å². The van der Waals surface area contributed by atoms with Gasteiger partial charge >= 0.3 is 0 Å².